The molecule has 0 aromatic rings. The molecule has 1 heterocycles. The van der Waals surface area contributed by atoms with Gasteiger partial charge in [0.05, 0.1) is 0 Å². The molecule has 0 bridgehead atoms. The number of hydrogen-bond acceptors (Lipinski definition) is 3. The van der Waals surface area contributed by atoms with Crippen molar-refractivity contribution < 1.29 is 5.11 Å². The van der Waals surface area contributed by atoms with Crippen molar-refractivity contribution in [2.45, 2.75) is 50.3 Å². The summed E-state index contributed by atoms with van der Waals surface area (Å²) in [5.74, 6) is 1.25. The summed E-state index contributed by atoms with van der Waals surface area (Å²) in [7, 11) is 2.26. The summed E-state index contributed by atoms with van der Waals surface area (Å²) in [6, 6.07) is 0.813. The number of aliphatic hydroxyl groups is 1. The molecule has 1 N–H and O–H groups in total. The molecule has 1 aliphatic heterocycles. The van der Waals surface area contributed by atoms with E-state index < -0.39 is 0 Å². The van der Waals surface area contributed by atoms with Gasteiger partial charge in [-0.3, -0.25) is 0 Å². The second-order valence-electron chi connectivity index (χ2n) is 4.61. The second-order valence-corrected chi connectivity index (χ2v) is 6.16. The molecular weight excluding hydrogens is 206 g/mol. The molecule has 3 heteroatoms. The van der Waals surface area contributed by atoms with Crippen molar-refractivity contribution in [1.82, 2.24) is 4.90 Å². The van der Waals surface area contributed by atoms with E-state index in [0.29, 0.717) is 11.9 Å². The minimum absolute atomic E-state index is 0.331. The number of thioether (sulfide) groups is 1. The van der Waals surface area contributed by atoms with Crippen molar-refractivity contribution in [2.24, 2.45) is 0 Å². The van der Waals surface area contributed by atoms with Crippen molar-refractivity contribution in [3.05, 3.63) is 0 Å². The summed E-state index contributed by atoms with van der Waals surface area (Å²) < 4.78 is 0. The van der Waals surface area contributed by atoms with Crippen LogP contribution in [0.4, 0.5) is 0 Å². The van der Waals surface area contributed by atoms with E-state index >= 15 is 0 Å². The van der Waals surface area contributed by atoms with Crippen LogP contribution in [0.2, 0.25) is 0 Å². The molecule has 0 spiro atoms. The highest BCUT2D eigenvalue weighted by Crippen LogP contribution is 2.22. The van der Waals surface area contributed by atoms with E-state index in [0.717, 1.165) is 12.5 Å². The maximum absolute atomic E-state index is 8.81. The van der Waals surface area contributed by atoms with Gasteiger partial charge in [-0.15, -0.1) is 0 Å². The third-order valence-electron chi connectivity index (χ3n) is 3.31. The number of piperidine rings is 1. The minimum atomic E-state index is 0.331. The first-order valence-corrected chi connectivity index (χ1v) is 7.21. The SMILES string of the molecule is CC(CCO)SCCC1CCCCN1C. The van der Waals surface area contributed by atoms with E-state index in [1.807, 2.05) is 11.8 Å². The predicted octanol–water partition coefficient (Wildman–Crippen LogP) is 2.36. The van der Waals surface area contributed by atoms with E-state index in [-0.39, 0.29) is 0 Å². The Kier molecular flexibility index (Phi) is 6.69. The molecule has 0 aromatic heterocycles. The molecule has 90 valence electrons. The monoisotopic (exact) mass is 231 g/mol. The van der Waals surface area contributed by atoms with Gasteiger partial charge in [-0.2, -0.15) is 11.8 Å². The fourth-order valence-electron chi connectivity index (χ4n) is 2.18. The number of hydrogen-bond donors (Lipinski definition) is 1. The first-order valence-electron chi connectivity index (χ1n) is 6.16. The van der Waals surface area contributed by atoms with Crippen LogP contribution in [-0.2, 0) is 0 Å². The van der Waals surface area contributed by atoms with Gasteiger partial charge in [0.1, 0.15) is 0 Å². The largest absolute Gasteiger partial charge is 0.396 e. The van der Waals surface area contributed by atoms with Crippen molar-refractivity contribution in [3.8, 4) is 0 Å². The van der Waals surface area contributed by atoms with Gasteiger partial charge >= 0.3 is 0 Å². The zero-order valence-electron chi connectivity index (χ0n) is 10.1. The lowest BCUT2D eigenvalue weighted by Gasteiger charge is -2.32. The minimum Gasteiger partial charge on any atom is -0.396 e. The highest BCUT2D eigenvalue weighted by molar-refractivity contribution is 7.99. The standard InChI is InChI=1S/C12H25NOS/c1-11(6-9-14)15-10-7-12-5-3-4-8-13(12)2/h11-12,14H,3-10H2,1-2H3. The Balaban J connectivity index is 2.08. The third kappa shape index (κ3) is 5.23. The van der Waals surface area contributed by atoms with Gasteiger partial charge in [0, 0.05) is 17.9 Å². The van der Waals surface area contributed by atoms with Gasteiger partial charge in [-0.1, -0.05) is 13.3 Å². The topological polar surface area (TPSA) is 23.5 Å². The number of aliphatic hydroxyl groups excluding tert-OH is 1. The van der Waals surface area contributed by atoms with Gasteiger partial charge in [0.15, 0.2) is 0 Å². The fraction of sp³-hybridized carbons (Fsp3) is 1.00. The zero-order valence-corrected chi connectivity index (χ0v) is 10.9. The smallest absolute Gasteiger partial charge is 0.0441 e. The third-order valence-corrected chi connectivity index (χ3v) is 4.59. The molecule has 15 heavy (non-hydrogen) atoms. The molecule has 0 saturated carbocycles. The lowest BCUT2D eigenvalue weighted by Crippen LogP contribution is -2.36. The molecule has 1 saturated heterocycles. The summed E-state index contributed by atoms with van der Waals surface area (Å²) >= 11 is 2.01. The Morgan fingerprint density at radius 1 is 1.47 bits per heavy atom. The summed E-state index contributed by atoms with van der Waals surface area (Å²) in [5.41, 5.74) is 0. The lowest BCUT2D eigenvalue weighted by atomic mass is 10.0. The molecule has 0 aliphatic carbocycles. The summed E-state index contributed by atoms with van der Waals surface area (Å²) in [6.45, 7) is 3.82. The molecule has 0 amide bonds. The fourth-order valence-corrected chi connectivity index (χ4v) is 3.26. The average Bonchev–Trinajstić information content (AvgIpc) is 2.21. The molecule has 0 aromatic carbocycles. The molecule has 2 atom stereocenters. The summed E-state index contributed by atoms with van der Waals surface area (Å²) in [6.07, 6.45) is 6.42. The van der Waals surface area contributed by atoms with E-state index in [4.69, 9.17) is 5.11 Å². The van der Waals surface area contributed by atoms with Crippen molar-refractivity contribution in [2.75, 3.05) is 26.0 Å². The van der Waals surface area contributed by atoms with Crippen molar-refractivity contribution >= 4 is 11.8 Å². The van der Waals surface area contributed by atoms with E-state index in [2.05, 4.69) is 18.9 Å². The zero-order chi connectivity index (χ0) is 11.1. The Labute approximate surface area is 98.4 Å². The van der Waals surface area contributed by atoms with Crippen LogP contribution in [0.1, 0.15) is 39.0 Å². The molecular formula is C12H25NOS. The predicted molar refractivity (Wildman–Crippen MR) is 68.5 cm³/mol. The molecule has 1 aliphatic rings. The average molecular weight is 231 g/mol. The molecule has 1 rings (SSSR count). The van der Waals surface area contributed by atoms with Crippen LogP contribution in [-0.4, -0.2) is 47.3 Å². The van der Waals surface area contributed by atoms with Crippen molar-refractivity contribution in [3.63, 3.8) is 0 Å². The normalized spacial score (nSPS) is 25.4. The molecule has 2 nitrogen and oxygen atoms in total. The van der Waals surface area contributed by atoms with Crippen LogP contribution in [0.15, 0.2) is 0 Å². The molecule has 0 radical (unpaired) electrons. The second kappa shape index (κ2) is 7.53. The van der Waals surface area contributed by atoms with Gasteiger partial charge in [-0.05, 0) is 45.0 Å². The lowest BCUT2D eigenvalue weighted by molar-refractivity contribution is 0.182. The van der Waals surface area contributed by atoms with Crippen molar-refractivity contribution in [1.29, 1.82) is 0 Å². The molecule has 1 fully saturated rings. The van der Waals surface area contributed by atoms with Crippen LogP contribution in [0.3, 0.4) is 0 Å². The number of likely N-dealkylation sites (tertiary alicyclic amines) is 1. The quantitative estimate of drug-likeness (QED) is 0.759. The van der Waals surface area contributed by atoms with Gasteiger partial charge in [0.25, 0.3) is 0 Å². The Morgan fingerprint density at radius 2 is 2.27 bits per heavy atom. The highest BCUT2D eigenvalue weighted by Gasteiger charge is 2.18. The van der Waals surface area contributed by atoms with Gasteiger partial charge in [-0.25, -0.2) is 0 Å². The van der Waals surface area contributed by atoms with E-state index in [1.165, 1.54) is 38.0 Å². The first kappa shape index (κ1) is 13.3. The Bertz CT molecular complexity index is 166. The van der Waals surface area contributed by atoms with Gasteiger partial charge < -0.3 is 10.0 Å². The number of rotatable bonds is 6. The first-order chi connectivity index (χ1) is 7.24. The van der Waals surface area contributed by atoms with E-state index in [1.54, 1.807) is 0 Å². The van der Waals surface area contributed by atoms with Gasteiger partial charge in [0.2, 0.25) is 0 Å². The van der Waals surface area contributed by atoms with E-state index in [9.17, 15) is 0 Å². The molecule has 2 unspecified atom stereocenters. The summed E-state index contributed by atoms with van der Waals surface area (Å²) in [4.78, 5) is 2.51. The van der Waals surface area contributed by atoms with Crippen LogP contribution in [0, 0.1) is 0 Å². The maximum Gasteiger partial charge on any atom is 0.0441 e. The van der Waals surface area contributed by atoms with Crippen LogP contribution >= 0.6 is 11.8 Å². The maximum atomic E-state index is 8.81. The van der Waals surface area contributed by atoms with Crippen LogP contribution in [0.5, 0.6) is 0 Å². The Hall–Kier alpha value is 0.270. The van der Waals surface area contributed by atoms with Crippen LogP contribution in [0.25, 0.3) is 0 Å². The number of nitrogens with zero attached hydrogens (tertiary/aromatic N) is 1. The van der Waals surface area contributed by atoms with Crippen LogP contribution < -0.4 is 0 Å². The summed E-state index contributed by atoms with van der Waals surface area (Å²) in [5, 5.41) is 9.42. The Morgan fingerprint density at radius 3 is 2.93 bits per heavy atom. The highest BCUT2D eigenvalue weighted by atomic mass is 32.2.